The number of hydrogen-bond donors (Lipinski definition) is 2. The molecule has 0 bridgehead atoms. The van der Waals surface area contributed by atoms with Crippen LogP contribution in [-0.2, 0) is 4.79 Å². The van der Waals surface area contributed by atoms with Crippen LogP contribution in [0.15, 0.2) is 12.3 Å². The highest BCUT2D eigenvalue weighted by molar-refractivity contribution is 5.92. The van der Waals surface area contributed by atoms with E-state index < -0.39 is 0 Å². The molecule has 3 rings (SSSR count). The van der Waals surface area contributed by atoms with Gasteiger partial charge in [0.2, 0.25) is 5.91 Å². The van der Waals surface area contributed by atoms with Crippen LogP contribution in [0.2, 0.25) is 0 Å². The number of carbonyl (C=O) groups is 2. The molecule has 1 aromatic heterocycles. The monoisotopic (exact) mass is 348 g/mol. The summed E-state index contributed by atoms with van der Waals surface area (Å²) in [6.07, 6.45) is 4.40. The first-order valence-corrected chi connectivity index (χ1v) is 9.14. The Morgan fingerprint density at radius 1 is 1.32 bits per heavy atom. The summed E-state index contributed by atoms with van der Waals surface area (Å²) in [6, 6.07) is 2.06. The summed E-state index contributed by atoms with van der Waals surface area (Å²) >= 11 is 0. The van der Waals surface area contributed by atoms with Crippen molar-refractivity contribution in [3.05, 3.63) is 18.0 Å². The van der Waals surface area contributed by atoms with Crippen molar-refractivity contribution in [2.75, 3.05) is 52.9 Å². The lowest BCUT2D eigenvalue weighted by molar-refractivity contribution is -0.132. The summed E-state index contributed by atoms with van der Waals surface area (Å²) in [6.45, 7) is 5.64. The van der Waals surface area contributed by atoms with Crippen molar-refractivity contribution in [1.29, 1.82) is 0 Å². The largest absolute Gasteiger partial charge is 0.350 e. The molecular weight excluding hydrogens is 320 g/mol. The van der Waals surface area contributed by atoms with Gasteiger partial charge in [-0.15, -0.1) is 0 Å². The zero-order chi connectivity index (χ0) is 17.6. The third kappa shape index (κ3) is 4.79. The number of likely N-dealkylation sites (N-methyl/N-ethyl adjacent to an activating group) is 1. The van der Waals surface area contributed by atoms with Gasteiger partial charge in [-0.1, -0.05) is 0 Å². The van der Waals surface area contributed by atoms with E-state index in [1.54, 1.807) is 6.07 Å². The minimum atomic E-state index is -0.214. The topological polar surface area (TPSA) is 82.5 Å². The Labute approximate surface area is 148 Å². The standard InChI is InChI=1S/C17H28N6O2/c1-21-9-11-22(12-10-21)16(24)4-7-19-17(25)15-5-8-23(20-15)14-3-2-6-18-13-14/h5,8,14,18H,2-4,6-7,9-13H2,1H3,(H,19,25). The number of hydrogen-bond acceptors (Lipinski definition) is 5. The summed E-state index contributed by atoms with van der Waals surface area (Å²) in [5.74, 6) is -0.110. The Bertz CT molecular complexity index is 588. The van der Waals surface area contributed by atoms with Gasteiger partial charge in [0.25, 0.3) is 5.91 Å². The van der Waals surface area contributed by atoms with Crippen LogP contribution in [0.3, 0.4) is 0 Å². The fraction of sp³-hybridized carbons (Fsp3) is 0.706. The van der Waals surface area contributed by atoms with Crippen molar-refractivity contribution < 1.29 is 9.59 Å². The van der Waals surface area contributed by atoms with E-state index in [4.69, 9.17) is 0 Å². The van der Waals surface area contributed by atoms with Crippen LogP contribution in [0.5, 0.6) is 0 Å². The second kappa shape index (κ2) is 8.44. The molecule has 2 N–H and O–H groups in total. The highest BCUT2D eigenvalue weighted by atomic mass is 16.2. The minimum Gasteiger partial charge on any atom is -0.350 e. The second-order valence-electron chi connectivity index (χ2n) is 6.87. The van der Waals surface area contributed by atoms with Crippen LogP contribution in [0.25, 0.3) is 0 Å². The van der Waals surface area contributed by atoms with E-state index in [-0.39, 0.29) is 11.8 Å². The van der Waals surface area contributed by atoms with Crippen molar-refractivity contribution in [1.82, 2.24) is 30.2 Å². The maximum absolute atomic E-state index is 12.2. The van der Waals surface area contributed by atoms with E-state index >= 15 is 0 Å². The molecule has 1 unspecified atom stereocenters. The van der Waals surface area contributed by atoms with Crippen LogP contribution in [0.1, 0.15) is 35.8 Å². The fourth-order valence-electron chi connectivity index (χ4n) is 3.31. The highest BCUT2D eigenvalue weighted by Gasteiger charge is 2.20. The van der Waals surface area contributed by atoms with Gasteiger partial charge in [-0.25, -0.2) is 0 Å². The average molecular weight is 348 g/mol. The Morgan fingerprint density at radius 2 is 2.12 bits per heavy atom. The molecule has 2 aliphatic heterocycles. The molecule has 3 heterocycles. The first kappa shape index (κ1) is 17.9. The summed E-state index contributed by atoms with van der Waals surface area (Å²) < 4.78 is 1.87. The normalized spacial score (nSPS) is 22.0. The zero-order valence-electron chi connectivity index (χ0n) is 14.9. The van der Waals surface area contributed by atoms with Crippen molar-refractivity contribution in [2.24, 2.45) is 0 Å². The molecular formula is C17H28N6O2. The number of nitrogens with one attached hydrogen (secondary N) is 2. The summed E-state index contributed by atoms with van der Waals surface area (Å²) in [4.78, 5) is 28.5. The molecule has 2 fully saturated rings. The lowest BCUT2D eigenvalue weighted by Crippen LogP contribution is -2.47. The number of carbonyl (C=O) groups excluding carboxylic acids is 2. The molecule has 0 aromatic carbocycles. The lowest BCUT2D eigenvalue weighted by atomic mass is 10.1. The molecule has 0 spiro atoms. The molecule has 1 aromatic rings. The smallest absolute Gasteiger partial charge is 0.271 e. The Balaban J connectivity index is 1.42. The van der Waals surface area contributed by atoms with Crippen LogP contribution in [0, 0.1) is 0 Å². The first-order valence-electron chi connectivity index (χ1n) is 9.14. The Hall–Kier alpha value is -1.93. The molecule has 2 aliphatic rings. The minimum absolute atomic E-state index is 0.104. The summed E-state index contributed by atoms with van der Waals surface area (Å²) in [5.41, 5.74) is 0.414. The molecule has 2 saturated heterocycles. The van der Waals surface area contributed by atoms with Crippen molar-refractivity contribution in [2.45, 2.75) is 25.3 Å². The van der Waals surface area contributed by atoms with Gasteiger partial charge in [0.15, 0.2) is 0 Å². The van der Waals surface area contributed by atoms with E-state index in [1.165, 1.54) is 0 Å². The van der Waals surface area contributed by atoms with Crippen LogP contribution in [-0.4, -0.2) is 84.3 Å². The number of nitrogens with zero attached hydrogens (tertiary/aromatic N) is 4. The number of piperazine rings is 1. The lowest BCUT2D eigenvalue weighted by Gasteiger charge is -2.32. The van der Waals surface area contributed by atoms with Crippen LogP contribution in [0.4, 0.5) is 0 Å². The van der Waals surface area contributed by atoms with E-state index in [0.29, 0.717) is 24.7 Å². The summed E-state index contributed by atoms with van der Waals surface area (Å²) in [7, 11) is 2.06. The van der Waals surface area contributed by atoms with Gasteiger partial charge in [-0.05, 0) is 32.5 Å². The van der Waals surface area contributed by atoms with E-state index in [0.717, 1.165) is 52.1 Å². The molecule has 25 heavy (non-hydrogen) atoms. The van der Waals surface area contributed by atoms with Gasteiger partial charge >= 0.3 is 0 Å². The number of piperidine rings is 1. The van der Waals surface area contributed by atoms with Gasteiger partial charge < -0.3 is 20.4 Å². The highest BCUT2D eigenvalue weighted by Crippen LogP contribution is 2.15. The van der Waals surface area contributed by atoms with Crippen LogP contribution >= 0.6 is 0 Å². The third-order valence-electron chi connectivity index (χ3n) is 4.97. The fourth-order valence-corrected chi connectivity index (χ4v) is 3.31. The van der Waals surface area contributed by atoms with E-state index in [2.05, 4.69) is 27.7 Å². The molecule has 0 saturated carbocycles. The number of amides is 2. The molecule has 0 aliphatic carbocycles. The Morgan fingerprint density at radius 3 is 2.84 bits per heavy atom. The van der Waals surface area contributed by atoms with Gasteiger partial charge in [-0.3, -0.25) is 14.3 Å². The molecule has 8 nitrogen and oxygen atoms in total. The van der Waals surface area contributed by atoms with Gasteiger partial charge in [0.05, 0.1) is 6.04 Å². The molecule has 8 heteroatoms. The molecule has 1 atom stereocenters. The number of aromatic nitrogens is 2. The van der Waals surface area contributed by atoms with E-state index in [9.17, 15) is 9.59 Å². The molecule has 2 amide bonds. The maximum atomic E-state index is 12.2. The van der Waals surface area contributed by atoms with E-state index in [1.807, 2.05) is 15.8 Å². The quantitative estimate of drug-likeness (QED) is 0.764. The van der Waals surface area contributed by atoms with Gasteiger partial charge in [0.1, 0.15) is 5.69 Å². The first-order chi connectivity index (χ1) is 12.1. The number of rotatable bonds is 5. The molecule has 0 radical (unpaired) electrons. The zero-order valence-corrected chi connectivity index (χ0v) is 14.9. The predicted octanol–water partition coefficient (Wildman–Crippen LogP) is -0.298. The van der Waals surface area contributed by atoms with Crippen molar-refractivity contribution in [3.8, 4) is 0 Å². The summed E-state index contributed by atoms with van der Waals surface area (Å²) in [5, 5.41) is 10.5. The third-order valence-corrected chi connectivity index (χ3v) is 4.97. The predicted molar refractivity (Wildman–Crippen MR) is 94.4 cm³/mol. The maximum Gasteiger partial charge on any atom is 0.271 e. The van der Waals surface area contributed by atoms with Crippen molar-refractivity contribution in [3.63, 3.8) is 0 Å². The SMILES string of the molecule is CN1CCN(C(=O)CCNC(=O)c2ccn(C3CCCNC3)n2)CC1. The second-order valence-corrected chi connectivity index (χ2v) is 6.87. The Kier molecular flexibility index (Phi) is 6.04. The van der Waals surface area contributed by atoms with Gasteiger partial charge in [0, 0.05) is 51.9 Å². The van der Waals surface area contributed by atoms with Crippen molar-refractivity contribution >= 4 is 11.8 Å². The molecule has 138 valence electrons. The van der Waals surface area contributed by atoms with Crippen LogP contribution < -0.4 is 10.6 Å². The average Bonchev–Trinajstić information content (AvgIpc) is 3.13. The van der Waals surface area contributed by atoms with Gasteiger partial charge in [-0.2, -0.15) is 5.10 Å².